The van der Waals surface area contributed by atoms with Crippen LogP contribution in [-0.2, 0) is 9.53 Å². The number of carbonyl (C=O) groups is 4. The quantitative estimate of drug-likeness (QED) is 0.292. The van der Waals surface area contributed by atoms with E-state index in [0.29, 0.717) is 35.3 Å². The number of imide groups is 1. The van der Waals surface area contributed by atoms with Crippen LogP contribution >= 0.6 is 0 Å². The number of ether oxygens (including phenoxy) is 1. The number of esters is 1. The second kappa shape index (κ2) is 9.54. The zero-order chi connectivity index (χ0) is 24.2. The van der Waals surface area contributed by atoms with Crippen LogP contribution in [0.2, 0.25) is 0 Å². The summed E-state index contributed by atoms with van der Waals surface area (Å²) in [5, 5.41) is 1.46. The Balaban J connectivity index is 1.50. The number of anilines is 1. The number of hydrogen-bond donors (Lipinski definition) is 0. The molecule has 0 aromatic heterocycles. The molecule has 3 aromatic carbocycles. The molecule has 170 valence electrons. The zero-order valence-corrected chi connectivity index (χ0v) is 18.4. The first kappa shape index (κ1) is 22.7. The molecule has 0 saturated carbocycles. The lowest BCUT2D eigenvalue weighted by molar-refractivity contribution is -0.133. The number of rotatable bonds is 8. The topological polar surface area (TPSA) is 84.0 Å². The number of benzene rings is 3. The minimum absolute atomic E-state index is 0.190. The molecule has 7 heteroatoms. The summed E-state index contributed by atoms with van der Waals surface area (Å²) in [5.41, 5.74) is 1.41. The molecule has 0 fully saturated rings. The van der Waals surface area contributed by atoms with E-state index in [1.165, 1.54) is 29.2 Å². The van der Waals surface area contributed by atoms with Crippen LogP contribution in [0.1, 0.15) is 31.1 Å². The highest BCUT2D eigenvalue weighted by Crippen LogP contribution is 2.32. The van der Waals surface area contributed by atoms with E-state index in [9.17, 15) is 19.2 Å². The van der Waals surface area contributed by atoms with E-state index in [0.717, 1.165) is 10.3 Å². The Morgan fingerprint density at radius 3 is 1.94 bits per heavy atom. The Labute approximate surface area is 196 Å². The molecule has 0 N–H and O–H groups in total. The fraction of sp³-hybridized carbons (Fsp3) is 0.111. The van der Waals surface area contributed by atoms with Gasteiger partial charge < -0.3 is 9.64 Å². The van der Waals surface area contributed by atoms with Crippen molar-refractivity contribution in [2.45, 2.75) is 0 Å². The van der Waals surface area contributed by atoms with Gasteiger partial charge in [0.15, 0.2) is 6.61 Å². The zero-order valence-electron chi connectivity index (χ0n) is 18.4. The summed E-state index contributed by atoms with van der Waals surface area (Å²) in [6.07, 6.45) is 3.15. The predicted octanol–water partition coefficient (Wildman–Crippen LogP) is 4.00. The summed E-state index contributed by atoms with van der Waals surface area (Å²) in [4.78, 5) is 53.5. The molecular weight excluding hydrogens is 432 g/mol. The molecule has 0 atom stereocenters. The van der Waals surface area contributed by atoms with Crippen LogP contribution in [0.25, 0.3) is 10.8 Å². The summed E-state index contributed by atoms with van der Waals surface area (Å²) in [6.45, 7) is 7.40. The smallest absolute Gasteiger partial charge is 0.338 e. The molecule has 0 unspecified atom stereocenters. The van der Waals surface area contributed by atoms with Crippen molar-refractivity contribution in [3.05, 3.63) is 103 Å². The molecule has 0 bridgehead atoms. The number of amides is 3. The molecule has 1 aliphatic rings. The predicted molar refractivity (Wildman–Crippen MR) is 129 cm³/mol. The molecular formula is C27H22N2O5. The first-order valence-electron chi connectivity index (χ1n) is 10.6. The molecule has 34 heavy (non-hydrogen) atoms. The Bertz CT molecular complexity index is 1270. The van der Waals surface area contributed by atoms with Crippen molar-refractivity contribution in [2.75, 3.05) is 24.6 Å². The summed E-state index contributed by atoms with van der Waals surface area (Å²) in [5.74, 6) is -1.93. The normalized spacial score (nSPS) is 12.4. The average Bonchev–Trinajstić information content (AvgIpc) is 2.86. The van der Waals surface area contributed by atoms with Crippen LogP contribution in [0, 0.1) is 0 Å². The van der Waals surface area contributed by atoms with Gasteiger partial charge in [0, 0.05) is 29.6 Å². The van der Waals surface area contributed by atoms with Gasteiger partial charge in [-0.2, -0.15) is 0 Å². The molecule has 0 spiro atoms. The standard InChI is InChI=1S/C27H22N2O5/c1-3-15-28(16-4-2)23(30)17-34-27(33)19-11-13-20(14-12-19)29-25(31)21-9-5-7-18-8-6-10-22(24(18)21)26(29)32/h3-14H,1-2,15-17H2. The van der Waals surface area contributed by atoms with Crippen LogP contribution in [0.15, 0.2) is 86.0 Å². The summed E-state index contributed by atoms with van der Waals surface area (Å²) >= 11 is 0. The Hall–Kier alpha value is -4.52. The van der Waals surface area contributed by atoms with Gasteiger partial charge in [0.1, 0.15) is 0 Å². The van der Waals surface area contributed by atoms with Crippen molar-refractivity contribution >= 4 is 40.2 Å². The maximum Gasteiger partial charge on any atom is 0.338 e. The van der Waals surface area contributed by atoms with Crippen molar-refractivity contribution < 1.29 is 23.9 Å². The van der Waals surface area contributed by atoms with Gasteiger partial charge in [-0.1, -0.05) is 36.4 Å². The molecule has 3 amide bonds. The first-order chi connectivity index (χ1) is 16.5. The average molecular weight is 454 g/mol. The van der Waals surface area contributed by atoms with Crippen molar-refractivity contribution in [2.24, 2.45) is 0 Å². The number of nitrogens with zero attached hydrogens (tertiary/aromatic N) is 2. The van der Waals surface area contributed by atoms with E-state index in [-0.39, 0.29) is 11.5 Å². The van der Waals surface area contributed by atoms with Crippen molar-refractivity contribution in [3.8, 4) is 0 Å². The second-order valence-electron chi connectivity index (χ2n) is 7.65. The largest absolute Gasteiger partial charge is 0.452 e. The van der Waals surface area contributed by atoms with E-state index in [1.54, 1.807) is 36.4 Å². The number of carbonyl (C=O) groups excluding carboxylic acids is 4. The van der Waals surface area contributed by atoms with Gasteiger partial charge in [-0.05, 0) is 41.8 Å². The van der Waals surface area contributed by atoms with Gasteiger partial charge >= 0.3 is 5.97 Å². The van der Waals surface area contributed by atoms with Gasteiger partial charge in [0.25, 0.3) is 17.7 Å². The molecule has 0 aliphatic carbocycles. The number of hydrogen-bond acceptors (Lipinski definition) is 5. The van der Waals surface area contributed by atoms with Gasteiger partial charge in [-0.25, -0.2) is 9.69 Å². The Kier molecular flexibility index (Phi) is 6.36. The third-order valence-electron chi connectivity index (χ3n) is 5.51. The van der Waals surface area contributed by atoms with Crippen molar-refractivity contribution in [3.63, 3.8) is 0 Å². The molecule has 3 aromatic rings. The molecule has 7 nitrogen and oxygen atoms in total. The molecule has 0 saturated heterocycles. The van der Waals surface area contributed by atoms with Crippen LogP contribution in [0.5, 0.6) is 0 Å². The van der Waals surface area contributed by atoms with Crippen molar-refractivity contribution in [1.29, 1.82) is 0 Å². The van der Waals surface area contributed by atoms with E-state index in [2.05, 4.69) is 13.2 Å². The highest BCUT2D eigenvalue weighted by molar-refractivity contribution is 6.35. The summed E-state index contributed by atoms with van der Waals surface area (Å²) < 4.78 is 5.13. The molecule has 4 rings (SSSR count). The van der Waals surface area contributed by atoms with E-state index >= 15 is 0 Å². The van der Waals surface area contributed by atoms with Crippen LogP contribution < -0.4 is 4.90 Å². The maximum absolute atomic E-state index is 13.1. The monoisotopic (exact) mass is 454 g/mol. The first-order valence-corrected chi connectivity index (χ1v) is 10.6. The van der Waals surface area contributed by atoms with Gasteiger partial charge in [-0.15, -0.1) is 13.2 Å². The van der Waals surface area contributed by atoms with Gasteiger partial charge in [-0.3, -0.25) is 14.4 Å². The third-order valence-corrected chi connectivity index (χ3v) is 5.51. The lowest BCUT2D eigenvalue weighted by Crippen LogP contribution is -2.40. The minimum atomic E-state index is -0.691. The Morgan fingerprint density at radius 1 is 0.853 bits per heavy atom. The lowest BCUT2D eigenvalue weighted by Gasteiger charge is -2.27. The lowest BCUT2D eigenvalue weighted by atomic mass is 9.94. The second-order valence-corrected chi connectivity index (χ2v) is 7.65. The van der Waals surface area contributed by atoms with E-state index in [4.69, 9.17) is 4.74 Å². The molecule has 1 heterocycles. The minimum Gasteiger partial charge on any atom is -0.452 e. The van der Waals surface area contributed by atoms with Gasteiger partial charge in [0.05, 0.1) is 11.3 Å². The maximum atomic E-state index is 13.1. The Morgan fingerprint density at radius 2 is 1.41 bits per heavy atom. The highest BCUT2D eigenvalue weighted by atomic mass is 16.5. The van der Waals surface area contributed by atoms with Crippen molar-refractivity contribution in [1.82, 2.24) is 4.90 Å². The van der Waals surface area contributed by atoms with E-state index in [1.807, 2.05) is 12.1 Å². The third kappa shape index (κ3) is 4.11. The highest BCUT2D eigenvalue weighted by Gasteiger charge is 2.33. The van der Waals surface area contributed by atoms with Gasteiger partial charge in [0.2, 0.25) is 0 Å². The van der Waals surface area contributed by atoms with Crippen LogP contribution in [-0.4, -0.2) is 48.3 Å². The SMILES string of the molecule is C=CCN(CC=C)C(=O)COC(=O)c1ccc(N2C(=O)c3cccc4cccc(c34)C2=O)cc1. The van der Waals surface area contributed by atoms with Crippen LogP contribution in [0.4, 0.5) is 5.69 Å². The fourth-order valence-corrected chi connectivity index (χ4v) is 3.90. The fourth-order valence-electron chi connectivity index (χ4n) is 3.90. The summed E-state index contributed by atoms with van der Waals surface area (Å²) in [7, 11) is 0. The molecule has 1 aliphatic heterocycles. The molecule has 0 radical (unpaired) electrons. The van der Waals surface area contributed by atoms with Crippen LogP contribution in [0.3, 0.4) is 0 Å². The van der Waals surface area contributed by atoms with E-state index < -0.39 is 24.4 Å². The summed E-state index contributed by atoms with van der Waals surface area (Å²) in [6, 6.07) is 16.6.